The molecule has 0 aromatic heterocycles. The zero-order chi connectivity index (χ0) is 35.4. The highest BCUT2D eigenvalue weighted by Gasteiger charge is 2.15. The molecule has 276 valence electrons. The van der Waals surface area contributed by atoms with Crippen molar-refractivity contribution in [2.45, 2.75) is 182 Å². The van der Waals surface area contributed by atoms with E-state index < -0.39 is 0 Å². The molecular weight excluding hydrogens is 597 g/mol. The van der Waals surface area contributed by atoms with Gasteiger partial charge in [-0.15, -0.1) is 0 Å². The maximum absolute atomic E-state index is 13.6. The largest absolute Gasteiger partial charge is 0.372 e. The number of nitrogens with zero attached hydrogens (tertiary/aromatic N) is 2. The third-order valence-corrected chi connectivity index (χ3v) is 10.2. The molecule has 0 atom stereocenters. The summed E-state index contributed by atoms with van der Waals surface area (Å²) < 4.78 is 0. The first-order valence-corrected chi connectivity index (χ1v) is 21.0. The van der Waals surface area contributed by atoms with Crippen molar-refractivity contribution in [3.8, 4) is 0 Å². The summed E-state index contributed by atoms with van der Waals surface area (Å²) >= 11 is 0. The predicted octanol–water partition coefficient (Wildman–Crippen LogP) is 14.5. The van der Waals surface area contributed by atoms with Crippen molar-refractivity contribution < 1.29 is 4.79 Å². The van der Waals surface area contributed by atoms with Crippen molar-refractivity contribution in [2.75, 3.05) is 29.4 Å². The highest BCUT2D eigenvalue weighted by atomic mass is 16.1. The Balaban J connectivity index is 2.05. The van der Waals surface area contributed by atoms with Crippen molar-refractivity contribution >= 4 is 17.2 Å². The molecule has 0 saturated heterocycles. The second-order valence-corrected chi connectivity index (χ2v) is 14.6. The van der Waals surface area contributed by atoms with E-state index in [1.54, 1.807) is 0 Å². The third-order valence-electron chi connectivity index (χ3n) is 10.2. The molecule has 0 spiro atoms. The molecule has 0 heterocycles. The van der Waals surface area contributed by atoms with Crippen LogP contribution in [0.5, 0.6) is 0 Å². The Labute approximate surface area is 304 Å². The fourth-order valence-electron chi connectivity index (χ4n) is 6.91. The number of carbonyl (C=O) groups is 1. The molecule has 0 fully saturated rings. The summed E-state index contributed by atoms with van der Waals surface area (Å²) in [4.78, 5) is 18.6. The van der Waals surface area contributed by atoms with Crippen LogP contribution in [-0.2, 0) is 0 Å². The van der Waals surface area contributed by atoms with Crippen LogP contribution in [0.25, 0.3) is 0 Å². The number of hydrogen-bond acceptors (Lipinski definition) is 3. The van der Waals surface area contributed by atoms with Crippen molar-refractivity contribution in [3.63, 3.8) is 0 Å². The Bertz CT molecular complexity index is 1070. The molecule has 0 radical (unpaired) electrons. The fraction of sp³-hybridized carbons (Fsp3) is 0.674. The SMILES string of the molecule is C=C(CCCCCCC)N(CCCCCCCC)c1ccc(C(=O)c2ccc(N(CCCCCCCC)CCCCCCCC)cc2)cc1. The number of unbranched alkanes of at least 4 members (excludes halogenated alkanes) is 19. The van der Waals surface area contributed by atoms with E-state index in [1.165, 1.54) is 165 Å². The Morgan fingerprint density at radius 2 is 0.796 bits per heavy atom. The van der Waals surface area contributed by atoms with Crippen molar-refractivity contribution in [1.82, 2.24) is 0 Å². The van der Waals surface area contributed by atoms with Crippen LogP contribution < -0.4 is 9.80 Å². The Morgan fingerprint density at radius 1 is 0.449 bits per heavy atom. The third kappa shape index (κ3) is 18.3. The van der Waals surface area contributed by atoms with Gasteiger partial charge in [0.2, 0.25) is 0 Å². The summed E-state index contributed by atoms with van der Waals surface area (Å²) in [5.74, 6) is 0.105. The molecule has 0 amide bonds. The minimum atomic E-state index is 0.105. The lowest BCUT2D eigenvalue weighted by atomic mass is 10.0. The zero-order valence-corrected chi connectivity index (χ0v) is 32.7. The Hall–Kier alpha value is -2.55. The highest BCUT2D eigenvalue weighted by molar-refractivity contribution is 6.09. The van der Waals surface area contributed by atoms with Gasteiger partial charge < -0.3 is 9.80 Å². The van der Waals surface area contributed by atoms with Gasteiger partial charge in [0.15, 0.2) is 5.78 Å². The van der Waals surface area contributed by atoms with E-state index in [9.17, 15) is 4.79 Å². The van der Waals surface area contributed by atoms with Crippen LogP contribution in [0.1, 0.15) is 198 Å². The van der Waals surface area contributed by atoms with Crippen LogP contribution >= 0.6 is 0 Å². The quantitative estimate of drug-likeness (QED) is 0.0571. The number of rotatable bonds is 32. The van der Waals surface area contributed by atoms with Gasteiger partial charge in [-0.3, -0.25) is 4.79 Å². The van der Waals surface area contributed by atoms with Gasteiger partial charge in [0, 0.05) is 47.8 Å². The lowest BCUT2D eigenvalue weighted by Crippen LogP contribution is -2.25. The van der Waals surface area contributed by atoms with Crippen LogP contribution in [0.4, 0.5) is 11.4 Å². The molecule has 3 nitrogen and oxygen atoms in total. The molecule has 0 saturated carbocycles. The van der Waals surface area contributed by atoms with Gasteiger partial charge >= 0.3 is 0 Å². The van der Waals surface area contributed by atoms with Crippen LogP contribution in [0.15, 0.2) is 60.8 Å². The van der Waals surface area contributed by atoms with Crippen molar-refractivity contribution in [3.05, 3.63) is 71.9 Å². The molecule has 0 bridgehead atoms. The number of benzene rings is 2. The molecule has 0 aliphatic rings. The monoisotopic (exact) mass is 673 g/mol. The second-order valence-electron chi connectivity index (χ2n) is 14.6. The van der Waals surface area contributed by atoms with Gasteiger partial charge in [0.25, 0.3) is 0 Å². The average molecular weight is 673 g/mol. The molecule has 0 N–H and O–H groups in total. The van der Waals surface area contributed by atoms with E-state index in [-0.39, 0.29) is 5.78 Å². The van der Waals surface area contributed by atoms with Crippen molar-refractivity contribution in [1.29, 1.82) is 0 Å². The van der Waals surface area contributed by atoms with Gasteiger partial charge in [0.1, 0.15) is 0 Å². The summed E-state index contributed by atoms with van der Waals surface area (Å²) in [6, 6.07) is 16.8. The Morgan fingerprint density at radius 3 is 1.22 bits per heavy atom. The molecule has 3 heteroatoms. The molecule has 0 aliphatic carbocycles. The topological polar surface area (TPSA) is 23.6 Å². The lowest BCUT2D eigenvalue weighted by Gasteiger charge is -2.27. The van der Waals surface area contributed by atoms with Gasteiger partial charge in [-0.05, 0) is 80.6 Å². The summed E-state index contributed by atoms with van der Waals surface area (Å²) in [5.41, 5.74) is 5.17. The molecule has 0 aliphatic heterocycles. The van der Waals surface area contributed by atoms with E-state index in [4.69, 9.17) is 0 Å². The molecule has 49 heavy (non-hydrogen) atoms. The zero-order valence-electron chi connectivity index (χ0n) is 32.7. The van der Waals surface area contributed by atoms with Gasteiger partial charge in [-0.25, -0.2) is 0 Å². The normalized spacial score (nSPS) is 11.2. The molecule has 2 rings (SSSR count). The molecule has 0 unspecified atom stereocenters. The van der Waals surface area contributed by atoms with E-state index in [2.05, 4.69) is 68.3 Å². The van der Waals surface area contributed by atoms with E-state index in [1.807, 2.05) is 24.3 Å². The van der Waals surface area contributed by atoms with Gasteiger partial charge in [-0.1, -0.05) is 156 Å². The summed E-state index contributed by atoms with van der Waals surface area (Å²) in [5, 5.41) is 0. The minimum absolute atomic E-state index is 0.105. The summed E-state index contributed by atoms with van der Waals surface area (Å²) in [7, 11) is 0. The standard InChI is InChI=1S/C46H76N2O/c1-6-10-14-18-22-26-38-47(39-27-23-19-15-11-7-2)44-34-30-42(31-35-44)46(49)43-32-36-45(37-33-43)48(40-28-24-20-16-12-8-3)41(5)29-25-21-17-13-9-4/h30-37H,5-29,38-40H2,1-4H3. The van der Waals surface area contributed by atoms with Crippen molar-refractivity contribution in [2.24, 2.45) is 0 Å². The molecular formula is C46H76N2O. The highest BCUT2D eigenvalue weighted by Crippen LogP contribution is 2.26. The smallest absolute Gasteiger partial charge is 0.193 e. The lowest BCUT2D eigenvalue weighted by molar-refractivity contribution is 0.103. The maximum atomic E-state index is 13.6. The maximum Gasteiger partial charge on any atom is 0.193 e. The second kappa shape index (κ2) is 28.2. The number of anilines is 2. The molecule has 2 aromatic rings. The minimum Gasteiger partial charge on any atom is -0.372 e. The summed E-state index contributed by atoms with van der Waals surface area (Å²) in [6.45, 7) is 16.9. The van der Waals surface area contributed by atoms with Crippen LogP contribution in [0.2, 0.25) is 0 Å². The van der Waals surface area contributed by atoms with Gasteiger partial charge in [-0.2, -0.15) is 0 Å². The van der Waals surface area contributed by atoms with Crippen LogP contribution in [0, 0.1) is 0 Å². The first-order valence-electron chi connectivity index (χ1n) is 21.0. The Kier molecular flexibility index (Phi) is 24.5. The van der Waals surface area contributed by atoms with E-state index in [0.29, 0.717) is 0 Å². The predicted molar refractivity (Wildman–Crippen MR) is 219 cm³/mol. The first kappa shape index (κ1) is 42.6. The number of hydrogen-bond donors (Lipinski definition) is 0. The summed E-state index contributed by atoms with van der Waals surface area (Å²) in [6.07, 6.45) is 31.0. The number of carbonyl (C=O) groups excluding carboxylic acids is 1. The fourth-order valence-corrected chi connectivity index (χ4v) is 6.91. The molecule has 2 aromatic carbocycles. The van der Waals surface area contributed by atoms with Crippen LogP contribution in [0.3, 0.4) is 0 Å². The number of ketones is 1. The number of allylic oxidation sites excluding steroid dienone is 1. The first-order chi connectivity index (χ1) is 24.0. The average Bonchev–Trinajstić information content (AvgIpc) is 3.13. The van der Waals surface area contributed by atoms with E-state index >= 15 is 0 Å². The van der Waals surface area contributed by atoms with E-state index in [0.717, 1.165) is 37.2 Å². The van der Waals surface area contributed by atoms with Gasteiger partial charge in [0.05, 0.1) is 0 Å². The van der Waals surface area contributed by atoms with Crippen LogP contribution in [-0.4, -0.2) is 25.4 Å².